The van der Waals surface area contributed by atoms with E-state index in [4.69, 9.17) is 0 Å². The molecule has 3 rings (SSSR count). The molecule has 0 radical (unpaired) electrons. The number of sulfonamides is 1. The average Bonchev–Trinajstić information content (AvgIpc) is 2.72. The zero-order valence-electron chi connectivity index (χ0n) is 16.2. The number of sulfone groups is 1. The third-order valence-electron chi connectivity index (χ3n) is 4.99. The van der Waals surface area contributed by atoms with Gasteiger partial charge in [-0.25, -0.2) is 16.8 Å². The zero-order chi connectivity index (χ0) is 22.9. The summed E-state index contributed by atoms with van der Waals surface area (Å²) in [7, 11) is -7.83. The summed E-state index contributed by atoms with van der Waals surface area (Å²) in [6.45, 7) is 0.609. The molecule has 6 nitrogen and oxygen atoms in total. The van der Waals surface area contributed by atoms with Crippen LogP contribution in [0, 0.1) is 0 Å². The van der Waals surface area contributed by atoms with Crippen LogP contribution in [0.15, 0.2) is 62.8 Å². The van der Waals surface area contributed by atoms with Gasteiger partial charge < -0.3 is 0 Å². The molecule has 1 aliphatic heterocycles. The highest BCUT2D eigenvalue weighted by molar-refractivity contribution is 9.10. The topological polar surface area (TPSA) is 74.8 Å². The molecule has 170 valence electrons. The Balaban J connectivity index is 1.64. The molecule has 2 aromatic rings. The van der Waals surface area contributed by atoms with Crippen molar-refractivity contribution in [1.82, 2.24) is 9.21 Å². The van der Waals surface area contributed by atoms with Gasteiger partial charge in [-0.1, -0.05) is 28.1 Å². The summed E-state index contributed by atoms with van der Waals surface area (Å²) >= 11 is 3.25. The summed E-state index contributed by atoms with van der Waals surface area (Å²) in [5, 5.41) is 0. The van der Waals surface area contributed by atoms with E-state index in [2.05, 4.69) is 15.9 Å². The van der Waals surface area contributed by atoms with Crippen molar-refractivity contribution in [3.05, 3.63) is 58.6 Å². The van der Waals surface area contributed by atoms with Crippen LogP contribution in [-0.4, -0.2) is 64.5 Å². The minimum absolute atomic E-state index is 0.0210. The van der Waals surface area contributed by atoms with Crippen LogP contribution in [-0.2, 0) is 26.0 Å². The van der Waals surface area contributed by atoms with Crippen molar-refractivity contribution >= 4 is 35.8 Å². The molecule has 0 amide bonds. The van der Waals surface area contributed by atoms with Gasteiger partial charge in [-0.15, -0.1) is 0 Å². The zero-order valence-corrected chi connectivity index (χ0v) is 19.4. The van der Waals surface area contributed by atoms with E-state index in [-0.39, 0.29) is 43.4 Å². The second kappa shape index (κ2) is 9.18. The average molecular weight is 541 g/mol. The Bertz CT molecular complexity index is 1130. The normalized spacial score (nSPS) is 17.0. The van der Waals surface area contributed by atoms with Gasteiger partial charge in [-0.05, 0) is 36.4 Å². The first kappa shape index (κ1) is 24.2. The van der Waals surface area contributed by atoms with E-state index in [1.54, 1.807) is 17.0 Å². The lowest BCUT2D eigenvalue weighted by molar-refractivity contribution is -0.139. The molecule has 1 saturated heterocycles. The predicted molar refractivity (Wildman–Crippen MR) is 113 cm³/mol. The lowest BCUT2D eigenvalue weighted by Crippen LogP contribution is -2.49. The second-order valence-corrected chi connectivity index (χ2v) is 11.9. The lowest BCUT2D eigenvalue weighted by Gasteiger charge is -2.34. The fraction of sp³-hybridized carbons (Fsp3) is 0.368. The van der Waals surface area contributed by atoms with Crippen LogP contribution >= 0.6 is 15.9 Å². The first-order valence-electron chi connectivity index (χ1n) is 9.28. The molecule has 1 fully saturated rings. The Morgan fingerprint density at radius 2 is 1.45 bits per heavy atom. The highest BCUT2D eigenvalue weighted by Crippen LogP contribution is 2.35. The summed E-state index contributed by atoms with van der Waals surface area (Å²) in [6, 6.07) is 10.4. The molecule has 0 bridgehead atoms. The number of hydrogen-bond acceptors (Lipinski definition) is 5. The standard InChI is InChI=1S/C19H20BrF3N2O4S2/c20-15-5-7-16(8-6-15)30(26,27)14-13-24-9-11-25(12-10-24)31(28,29)18-4-2-1-3-17(18)19(21,22)23/h1-8H,9-14H2. The van der Waals surface area contributed by atoms with Crippen molar-refractivity contribution in [1.29, 1.82) is 0 Å². The smallest absolute Gasteiger partial charge is 0.300 e. The Morgan fingerprint density at radius 3 is 2.03 bits per heavy atom. The van der Waals surface area contributed by atoms with Gasteiger partial charge in [-0.3, -0.25) is 4.90 Å². The third-order valence-corrected chi connectivity index (χ3v) is 9.19. The summed E-state index contributed by atoms with van der Waals surface area (Å²) in [6.07, 6.45) is -4.78. The maximum atomic E-state index is 13.2. The van der Waals surface area contributed by atoms with E-state index in [1.165, 1.54) is 18.2 Å². The fourth-order valence-electron chi connectivity index (χ4n) is 3.27. The molecular formula is C19H20BrF3N2O4S2. The first-order chi connectivity index (χ1) is 14.4. The van der Waals surface area contributed by atoms with Crippen molar-refractivity contribution in [3.63, 3.8) is 0 Å². The molecule has 0 aliphatic carbocycles. The van der Waals surface area contributed by atoms with Crippen LogP contribution in [0.4, 0.5) is 13.2 Å². The van der Waals surface area contributed by atoms with Gasteiger partial charge >= 0.3 is 6.18 Å². The van der Waals surface area contributed by atoms with Crippen LogP contribution in [0.1, 0.15) is 5.56 Å². The largest absolute Gasteiger partial charge is 0.417 e. The van der Waals surface area contributed by atoms with Crippen molar-refractivity contribution in [2.75, 3.05) is 38.5 Å². The quantitative estimate of drug-likeness (QED) is 0.562. The third kappa shape index (κ3) is 5.67. The van der Waals surface area contributed by atoms with Crippen molar-refractivity contribution in [2.24, 2.45) is 0 Å². The van der Waals surface area contributed by atoms with Crippen LogP contribution in [0.5, 0.6) is 0 Å². The fourth-order valence-corrected chi connectivity index (χ4v) is 6.45. The molecule has 0 unspecified atom stereocenters. The van der Waals surface area contributed by atoms with E-state index in [0.29, 0.717) is 0 Å². The molecule has 12 heteroatoms. The van der Waals surface area contributed by atoms with Crippen LogP contribution in [0.3, 0.4) is 0 Å². The monoisotopic (exact) mass is 540 g/mol. The molecule has 1 aliphatic rings. The molecule has 0 aromatic heterocycles. The highest BCUT2D eigenvalue weighted by Gasteiger charge is 2.39. The second-order valence-electron chi connectivity index (χ2n) is 7.01. The molecule has 0 saturated carbocycles. The maximum Gasteiger partial charge on any atom is 0.417 e. The minimum Gasteiger partial charge on any atom is -0.300 e. The number of halogens is 4. The Hall–Kier alpha value is -1.47. The van der Waals surface area contributed by atoms with Crippen molar-refractivity contribution in [2.45, 2.75) is 16.0 Å². The van der Waals surface area contributed by atoms with E-state index in [1.807, 2.05) is 0 Å². The van der Waals surface area contributed by atoms with Crippen LogP contribution in [0.25, 0.3) is 0 Å². The molecule has 31 heavy (non-hydrogen) atoms. The minimum atomic E-state index is -4.78. The number of benzene rings is 2. The van der Waals surface area contributed by atoms with Crippen LogP contribution < -0.4 is 0 Å². The maximum absolute atomic E-state index is 13.2. The molecule has 0 N–H and O–H groups in total. The number of alkyl halides is 3. The van der Waals surface area contributed by atoms with Crippen LogP contribution in [0.2, 0.25) is 0 Å². The molecule has 2 aromatic carbocycles. The van der Waals surface area contributed by atoms with E-state index < -0.39 is 36.5 Å². The van der Waals surface area contributed by atoms with Gasteiger partial charge in [0.1, 0.15) is 0 Å². The number of nitrogens with zero attached hydrogens (tertiary/aromatic N) is 2. The van der Waals surface area contributed by atoms with Gasteiger partial charge in [0.15, 0.2) is 9.84 Å². The molecule has 0 spiro atoms. The van der Waals surface area contributed by atoms with Crippen molar-refractivity contribution < 1.29 is 30.0 Å². The summed E-state index contributed by atoms with van der Waals surface area (Å²) in [4.78, 5) is 1.22. The van der Waals surface area contributed by atoms with Gasteiger partial charge in [0.25, 0.3) is 0 Å². The first-order valence-corrected chi connectivity index (χ1v) is 13.2. The SMILES string of the molecule is O=S(=O)(CCN1CCN(S(=O)(=O)c2ccccc2C(F)(F)F)CC1)c1ccc(Br)cc1. The summed E-state index contributed by atoms with van der Waals surface area (Å²) in [5.74, 6) is -0.141. The molecule has 1 heterocycles. The van der Waals surface area contributed by atoms with Gasteiger partial charge in [0, 0.05) is 37.2 Å². The number of rotatable bonds is 6. The molecular weight excluding hydrogens is 521 g/mol. The lowest BCUT2D eigenvalue weighted by atomic mass is 10.2. The number of piperazine rings is 1. The summed E-state index contributed by atoms with van der Waals surface area (Å²) in [5.41, 5.74) is -1.20. The van der Waals surface area contributed by atoms with Gasteiger partial charge in [0.05, 0.1) is 21.1 Å². The number of hydrogen-bond donors (Lipinski definition) is 0. The summed E-state index contributed by atoms with van der Waals surface area (Å²) < 4.78 is 92.0. The van der Waals surface area contributed by atoms with E-state index in [0.717, 1.165) is 27.0 Å². The van der Waals surface area contributed by atoms with Crippen molar-refractivity contribution in [3.8, 4) is 0 Å². The Kier molecular flexibility index (Phi) is 7.16. The van der Waals surface area contributed by atoms with Gasteiger partial charge in [0.2, 0.25) is 10.0 Å². The Labute approximate surface area is 187 Å². The highest BCUT2D eigenvalue weighted by atomic mass is 79.9. The molecule has 0 atom stereocenters. The van der Waals surface area contributed by atoms with Gasteiger partial charge in [-0.2, -0.15) is 17.5 Å². The van der Waals surface area contributed by atoms with E-state index in [9.17, 15) is 30.0 Å². The Morgan fingerprint density at radius 1 is 0.871 bits per heavy atom. The predicted octanol–water partition coefficient (Wildman–Crippen LogP) is 3.25. The van der Waals surface area contributed by atoms with E-state index >= 15 is 0 Å².